The van der Waals surface area contributed by atoms with E-state index in [2.05, 4.69) is 11.1 Å². The van der Waals surface area contributed by atoms with E-state index < -0.39 is 5.97 Å². The molecule has 3 aromatic rings. The molecule has 1 heterocycles. The van der Waals surface area contributed by atoms with Crippen LogP contribution in [0, 0.1) is 0 Å². The normalized spacial score (nSPS) is 10.9. The maximum atomic E-state index is 10.7. The van der Waals surface area contributed by atoms with Crippen LogP contribution in [0.3, 0.4) is 0 Å². The van der Waals surface area contributed by atoms with Crippen LogP contribution >= 0.6 is 0 Å². The van der Waals surface area contributed by atoms with Crippen LogP contribution < -0.4 is 0 Å². The van der Waals surface area contributed by atoms with Crippen molar-refractivity contribution in [2.45, 2.75) is 6.42 Å². The lowest BCUT2D eigenvalue weighted by Crippen LogP contribution is -2.02. The van der Waals surface area contributed by atoms with Crippen molar-refractivity contribution in [3.05, 3.63) is 54.2 Å². The fraction of sp³-hybridized carbons (Fsp3) is 0.0667. The van der Waals surface area contributed by atoms with Crippen molar-refractivity contribution in [3.8, 4) is 0 Å². The van der Waals surface area contributed by atoms with Gasteiger partial charge in [-0.15, -0.1) is 0 Å². The average Bonchev–Trinajstić information content (AvgIpc) is 2.38. The van der Waals surface area contributed by atoms with Crippen molar-refractivity contribution >= 4 is 27.6 Å². The summed E-state index contributed by atoms with van der Waals surface area (Å²) in [4.78, 5) is 15.2. The number of aromatic nitrogens is 1. The maximum absolute atomic E-state index is 10.7. The van der Waals surface area contributed by atoms with Gasteiger partial charge in [-0.05, 0) is 11.5 Å². The zero-order valence-electron chi connectivity index (χ0n) is 9.63. The van der Waals surface area contributed by atoms with E-state index in [1.54, 1.807) is 6.07 Å². The molecule has 1 N–H and O–H groups in total. The second-order valence-corrected chi connectivity index (χ2v) is 4.23. The highest BCUT2D eigenvalue weighted by Gasteiger charge is 2.05. The van der Waals surface area contributed by atoms with Gasteiger partial charge in [-0.3, -0.25) is 9.78 Å². The fourth-order valence-electron chi connectivity index (χ4n) is 2.15. The maximum Gasteiger partial charge on any atom is 0.309 e. The lowest BCUT2D eigenvalue weighted by atomic mass is 10.1. The van der Waals surface area contributed by atoms with E-state index in [4.69, 9.17) is 5.11 Å². The van der Waals surface area contributed by atoms with Crippen molar-refractivity contribution < 1.29 is 9.90 Å². The number of benzene rings is 2. The molecule has 0 radical (unpaired) electrons. The van der Waals surface area contributed by atoms with E-state index in [1.807, 2.05) is 36.4 Å². The predicted octanol–water partition coefficient (Wildman–Crippen LogP) is 3.02. The molecule has 0 saturated heterocycles. The Kier molecular flexibility index (Phi) is 2.45. The molecule has 0 atom stereocenters. The number of carboxylic acids is 1. The van der Waals surface area contributed by atoms with Gasteiger partial charge in [0.1, 0.15) is 0 Å². The molecule has 0 unspecified atom stereocenters. The first-order chi connectivity index (χ1) is 8.74. The third kappa shape index (κ3) is 1.80. The smallest absolute Gasteiger partial charge is 0.309 e. The molecule has 0 saturated carbocycles. The average molecular weight is 237 g/mol. The molecule has 0 bridgehead atoms. The van der Waals surface area contributed by atoms with Gasteiger partial charge in [-0.1, -0.05) is 42.5 Å². The third-order valence-corrected chi connectivity index (χ3v) is 2.97. The van der Waals surface area contributed by atoms with E-state index >= 15 is 0 Å². The Labute approximate surface area is 104 Å². The minimum absolute atomic E-state index is 0.0425. The number of rotatable bonds is 2. The van der Waals surface area contributed by atoms with Crippen LogP contribution in [0.1, 0.15) is 5.69 Å². The van der Waals surface area contributed by atoms with Crippen LogP contribution in [-0.4, -0.2) is 16.1 Å². The van der Waals surface area contributed by atoms with Crippen LogP contribution in [0.25, 0.3) is 21.7 Å². The Bertz CT molecular complexity index is 750. The summed E-state index contributed by atoms with van der Waals surface area (Å²) < 4.78 is 0. The van der Waals surface area contributed by atoms with Crippen molar-refractivity contribution in [2.24, 2.45) is 0 Å². The van der Waals surface area contributed by atoms with Gasteiger partial charge >= 0.3 is 5.97 Å². The molecule has 3 heteroatoms. The van der Waals surface area contributed by atoms with E-state index in [-0.39, 0.29) is 6.42 Å². The second-order valence-electron chi connectivity index (χ2n) is 4.23. The summed E-state index contributed by atoms with van der Waals surface area (Å²) >= 11 is 0. The molecule has 3 nitrogen and oxygen atoms in total. The van der Waals surface area contributed by atoms with Gasteiger partial charge < -0.3 is 5.11 Å². The van der Waals surface area contributed by atoms with Crippen LogP contribution in [0.4, 0.5) is 0 Å². The molecule has 88 valence electrons. The monoisotopic (exact) mass is 237 g/mol. The van der Waals surface area contributed by atoms with Gasteiger partial charge in [-0.25, -0.2) is 0 Å². The van der Waals surface area contributed by atoms with Gasteiger partial charge in [0.25, 0.3) is 0 Å². The summed E-state index contributed by atoms with van der Waals surface area (Å²) in [6.45, 7) is 0. The number of carboxylic acid groups (broad SMARTS) is 1. The molecule has 0 aliphatic carbocycles. The topological polar surface area (TPSA) is 50.2 Å². The third-order valence-electron chi connectivity index (χ3n) is 2.97. The highest BCUT2D eigenvalue weighted by Crippen LogP contribution is 2.23. The number of aliphatic carboxylic acids is 1. The quantitative estimate of drug-likeness (QED) is 0.697. The number of nitrogens with zero attached hydrogens (tertiary/aromatic N) is 1. The first kappa shape index (κ1) is 10.7. The van der Waals surface area contributed by atoms with E-state index in [9.17, 15) is 4.79 Å². The van der Waals surface area contributed by atoms with E-state index in [0.29, 0.717) is 5.69 Å². The Morgan fingerprint density at radius 3 is 2.56 bits per heavy atom. The van der Waals surface area contributed by atoms with Crippen LogP contribution in [0.15, 0.2) is 48.5 Å². The van der Waals surface area contributed by atoms with Gasteiger partial charge in [-0.2, -0.15) is 0 Å². The molecule has 1 aromatic heterocycles. The fourth-order valence-corrected chi connectivity index (χ4v) is 2.15. The number of fused-ring (bicyclic) bond motifs is 3. The standard InChI is InChI=1S/C15H11NO2/c17-14(18)9-12-8-7-11-6-5-10-3-1-2-4-13(10)15(11)16-12/h1-8H,9H2,(H,17,18). The number of carbonyl (C=O) groups is 1. The number of pyridine rings is 1. The minimum Gasteiger partial charge on any atom is -0.481 e. The molecular weight excluding hydrogens is 226 g/mol. The summed E-state index contributed by atoms with van der Waals surface area (Å²) in [5.74, 6) is -0.859. The van der Waals surface area contributed by atoms with Crippen molar-refractivity contribution in [1.82, 2.24) is 4.98 Å². The zero-order valence-corrected chi connectivity index (χ0v) is 9.63. The molecule has 18 heavy (non-hydrogen) atoms. The van der Waals surface area contributed by atoms with Gasteiger partial charge in [0.05, 0.1) is 17.6 Å². The second kappa shape index (κ2) is 4.11. The Morgan fingerprint density at radius 1 is 1.00 bits per heavy atom. The SMILES string of the molecule is O=C(O)Cc1ccc2ccc3ccccc3c2n1. The molecule has 2 aromatic carbocycles. The van der Waals surface area contributed by atoms with Crippen molar-refractivity contribution in [2.75, 3.05) is 0 Å². The highest BCUT2D eigenvalue weighted by atomic mass is 16.4. The van der Waals surface area contributed by atoms with Gasteiger partial charge in [0, 0.05) is 10.8 Å². The summed E-state index contributed by atoms with van der Waals surface area (Å²) in [5, 5.41) is 12.0. The molecular formula is C15H11NO2. The van der Waals surface area contributed by atoms with Crippen molar-refractivity contribution in [3.63, 3.8) is 0 Å². The van der Waals surface area contributed by atoms with Crippen LogP contribution in [0.2, 0.25) is 0 Å². The molecule has 0 fully saturated rings. The summed E-state index contributed by atoms with van der Waals surface area (Å²) in [6, 6.07) is 15.7. The minimum atomic E-state index is -0.859. The predicted molar refractivity (Wildman–Crippen MR) is 70.6 cm³/mol. The highest BCUT2D eigenvalue weighted by molar-refractivity contribution is 6.05. The van der Waals surface area contributed by atoms with Crippen LogP contribution in [-0.2, 0) is 11.2 Å². The molecule has 0 amide bonds. The Morgan fingerprint density at radius 2 is 1.72 bits per heavy atom. The number of hydrogen-bond acceptors (Lipinski definition) is 2. The van der Waals surface area contributed by atoms with E-state index in [1.165, 1.54) is 0 Å². The first-order valence-corrected chi connectivity index (χ1v) is 5.73. The zero-order chi connectivity index (χ0) is 12.5. The summed E-state index contributed by atoms with van der Waals surface area (Å²) in [7, 11) is 0. The molecule has 3 rings (SSSR count). The lowest BCUT2D eigenvalue weighted by molar-refractivity contribution is -0.136. The van der Waals surface area contributed by atoms with Gasteiger partial charge in [0.15, 0.2) is 0 Å². The molecule has 0 aliphatic heterocycles. The van der Waals surface area contributed by atoms with Crippen LogP contribution in [0.5, 0.6) is 0 Å². The van der Waals surface area contributed by atoms with E-state index in [0.717, 1.165) is 21.7 Å². The largest absolute Gasteiger partial charge is 0.481 e. The molecule has 0 aliphatic rings. The first-order valence-electron chi connectivity index (χ1n) is 5.73. The molecule has 0 spiro atoms. The number of hydrogen-bond donors (Lipinski definition) is 1. The lowest BCUT2D eigenvalue weighted by Gasteiger charge is -2.04. The summed E-state index contributed by atoms with van der Waals surface area (Å²) in [6.07, 6.45) is -0.0425. The Hall–Kier alpha value is -2.42. The Balaban J connectivity index is 2.29. The van der Waals surface area contributed by atoms with Gasteiger partial charge in [0.2, 0.25) is 0 Å². The van der Waals surface area contributed by atoms with Crippen molar-refractivity contribution in [1.29, 1.82) is 0 Å². The summed E-state index contributed by atoms with van der Waals surface area (Å²) in [5.41, 5.74) is 1.46.